The summed E-state index contributed by atoms with van der Waals surface area (Å²) < 4.78 is 0. The van der Waals surface area contributed by atoms with Crippen LogP contribution in [0.3, 0.4) is 0 Å². The van der Waals surface area contributed by atoms with Gasteiger partial charge in [0.15, 0.2) is 5.96 Å². The largest absolute Gasteiger partial charge is 0.386 e. The monoisotopic (exact) mass is 389 g/mol. The number of halogens is 1. The third kappa shape index (κ3) is 4.94. The van der Waals surface area contributed by atoms with Crippen molar-refractivity contribution in [3.63, 3.8) is 0 Å². The number of nitrogens with zero attached hydrogens (tertiary/aromatic N) is 2. The van der Waals surface area contributed by atoms with Gasteiger partial charge < -0.3 is 15.7 Å². The van der Waals surface area contributed by atoms with Gasteiger partial charge in [-0.3, -0.25) is 4.99 Å². The summed E-state index contributed by atoms with van der Waals surface area (Å²) in [4.78, 5) is 6.43. The second-order valence-corrected chi connectivity index (χ2v) is 5.18. The fraction of sp³-hybridized carbons (Fsp3) is 0.533. The molecule has 0 amide bonds. The summed E-state index contributed by atoms with van der Waals surface area (Å²) in [6, 6.07) is 7.87. The minimum absolute atomic E-state index is 0. The highest BCUT2D eigenvalue weighted by Crippen LogP contribution is 2.15. The highest BCUT2D eigenvalue weighted by molar-refractivity contribution is 14.0. The highest BCUT2D eigenvalue weighted by atomic mass is 127. The molecular weight excluding hydrogens is 365 g/mol. The smallest absolute Gasteiger partial charge is 0.191 e. The number of hydrogen-bond acceptors (Lipinski definition) is 2. The molecule has 1 unspecified atom stereocenters. The predicted molar refractivity (Wildman–Crippen MR) is 93.5 cm³/mol. The van der Waals surface area contributed by atoms with Gasteiger partial charge in [-0.2, -0.15) is 0 Å². The lowest BCUT2D eigenvalue weighted by molar-refractivity contribution is 0.186. The zero-order chi connectivity index (χ0) is 13.7. The lowest BCUT2D eigenvalue weighted by atomic mass is 10.1. The molecule has 0 aromatic heterocycles. The molecule has 0 bridgehead atoms. The molecule has 20 heavy (non-hydrogen) atoms. The predicted octanol–water partition coefficient (Wildman–Crippen LogP) is 2.45. The van der Waals surface area contributed by atoms with Crippen molar-refractivity contribution in [3.8, 4) is 0 Å². The van der Waals surface area contributed by atoms with E-state index in [1.807, 2.05) is 31.2 Å². The van der Waals surface area contributed by atoms with Crippen LogP contribution >= 0.6 is 24.0 Å². The summed E-state index contributed by atoms with van der Waals surface area (Å²) in [5.41, 5.74) is 8.01. The molecule has 112 valence electrons. The van der Waals surface area contributed by atoms with E-state index in [1.165, 1.54) is 19.3 Å². The Morgan fingerprint density at radius 3 is 2.70 bits per heavy atom. The summed E-state index contributed by atoms with van der Waals surface area (Å²) in [6.07, 6.45) is 3.05. The Bertz CT molecular complexity index is 444. The van der Waals surface area contributed by atoms with Gasteiger partial charge in [0.05, 0.1) is 12.6 Å². The quantitative estimate of drug-likeness (QED) is 0.474. The Morgan fingerprint density at radius 2 is 2.05 bits per heavy atom. The number of likely N-dealkylation sites (tertiary alicyclic amines) is 1. The van der Waals surface area contributed by atoms with E-state index in [2.05, 4.69) is 9.89 Å². The molecule has 1 aromatic carbocycles. The first-order valence-corrected chi connectivity index (χ1v) is 6.96. The van der Waals surface area contributed by atoms with Gasteiger partial charge in [0, 0.05) is 13.1 Å². The van der Waals surface area contributed by atoms with Crippen molar-refractivity contribution in [2.24, 2.45) is 10.7 Å². The molecule has 1 aromatic rings. The van der Waals surface area contributed by atoms with Crippen LogP contribution in [0, 0.1) is 6.92 Å². The first kappa shape index (κ1) is 17.2. The van der Waals surface area contributed by atoms with E-state index in [4.69, 9.17) is 5.73 Å². The molecule has 0 radical (unpaired) electrons. The van der Waals surface area contributed by atoms with Gasteiger partial charge in [-0.25, -0.2) is 0 Å². The van der Waals surface area contributed by atoms with Gasteiger partial charge >= 0.3 is 0 Å². The molecule has 1 aliphatic rings. The Hall–Kier alpha value is -0.820. The van der Waals surface area contributed by atoms with Crippen LogP contribution in [0.2, 0.25) is 0 Å². The highest BCUT2D eigenvalue weighted by Gasteiger charge is 2.13. The van der Waals surface area contributed by atoms with Crippen LogP contribution in [0.4, 0.5) is 0 Å². The van der Waals surface area contributed by atoms with Crippen molar-refractivity contribution in [1.29, 1.82) is 0 Å². The van der Waals surface area contributed by atoms with E-state index in [-0.39, 0.29) is 24.0 Å². The van der Waals surface area contributed by atoms with Crippen LogP contribution in [0.1, 0.15) is 36.5 Å². The molecule has 1 saturated heterocycles. The van der Waals surface area contributed by atoms with Crippen LogP contribution in [0.25, 0.3) is 0 Å². The third-order valence-electron chi connectivity index (χ3n) is 3.53. The minimum atomic E-state index is -0.580. The van der Waals surface area contributed by atoms with Gasteiger partial charge in [0.2, 0.25) is 0 Å². The molecule has 1 aliphatic heterocycles. The van der Waals surface area contributed by atoms with Crippen molar-refractivity contribution in [2.45, 2.75) is 32.3 Å². The number of benzene rings is 1. The fourth-order valence-electron chi connectivity index (χ4n) is 2.39. The maximum Gasteiger partial charge on any atom is 0.191 e. The zero-order valence-corrected chi connectivity index (χ0v) is 14.3. The number of piperidine rings is 1. The Morgan fingerprint density at radius 1 is 1.35 bits per heavy atom. The average molecular weight is 389 g/mol. The molecule has 0 aliphatic carbocycles. The Kier molecular flexibility index (Phi) is 7.29. The number of nitrogens with two attached hydrogens (primary N) is 1. The van der Waals surface area contributed by atoms with Crippen LogP contribution in [0.5, 0.6) is 0 Å². The first-order valence-electron chi connectivity index (χ1n) is 6.96. The lowest BCUT2D eigenvalue weighted by Gasteiger charge is -2.27. The molecule has 3 N–H and O–H groups in total. The second kappa shape index (κ2) is 8.46. The van der Waals surface area contributed by atoms with E-state index >= 15 is 0 Å². The molecule has 0 saturated carbocycles. The number of rotatable bonds is 3. The molecular formula is C15H24IN3O. The van der Waals surface area contributed by atoms with Gasteiger partial charge in [-0.05, 0) is 31.7 Å². The topological polar surface area (TPSA) is 61.9 Å². The Balaban J connectivity index is 0.00000200. The molecule has 2 rings (SSSR count). The van der Waals surface area contributed by atoms with Crippen LogP contribution < -0.4 is 5.73 Å². The van der Waals surface area contributed by atoms with Crippen molar-refractivity contribution < 1.29 is 5.11 Å². The molecule has 4 nitrogen and oxygen atoms in total. The number of guanidine groups is 1. The third-order valence-corrected chi connectivity index (χ3v) is 3.53. The maximum absolute atomic E-state index is 10.1. The van der Waals surface area contributed by atoms with Crippen molar-refractivity contribution in [1.82, 2.24) is 4.90 Å². The van der Waals surface area contributed by atoms with Crippen molar-refractivity contribution in [2.75, 3.05) is 19.6 Å². The van der Waals surface area contributed by atoms with Gasteiger partial charge in [-0.1, -0.05) is 29.8 Å². The molecule has 1 heterocycles. The molecule has 0 spiro atoms. The van der Waals surface area contributed by atoms with E-state index in [1.54, 1.807) is 0 Å². The summed E-state index contributed by atoms with van der Waals surface area (Å²) in [5.74, 6) is 0.561. The van der Waals surface area contributed by atoms with E-state index < -0.39 is 6.10 Å². The van der Waals surface area contributed by atoms with Crippen LogP contribution in [-0.2, 0) is 0 Å². The summed E-state index contributed by atoms with van der Waals surface area (Å²) >= 11 is 0. The number of aliphatic imine (C=N–C) groups is 1. The number of aliphatic hydroxyl groups excluding tert-OH is 1. The average Bonchev–Trinajstić information content (AvgIpc) is 2.45. The van der Waals surface area contributed by atoms with E-state index in [0.29, 0.717) is 12.5 Å². The number of hydrogen-bond donors (Lipinski definition) is 2. The number of aryl methyl sites for hydroxylation is 1. The molecule has 1 atom stereocenters. The van der Waals surface area contributed by atoms with Crippen molar-refractivity contribution in [3.05, 3.63) is 35.4 Å². The van der Waals surface area contributed by atoms with E-state index in [0.717, 1.165) is 24.2 Å². The summed E-state index contributed by atoms with van der Waals surface area (Å²) in [7, 11) is 0. The second-order valence-electron chi connectivity index (χ2n) is 5.18. The van der Waals surface area contributed by atoms with Gasteiger partial charge in [-0.15, -0.1) is 24.0 Å². The summed E-state index contributed by atoms with van der Waals surface area (Å²) in [5, 5.41) is 10.1. The zero-order valence-electron chi connectivity index (χ0n) is 12.0. The normalized spacial score (nSPS) is 17.5. The maximum atomic E-state index is 10.1. The minimum Gasteiger partial charge on any atom is -0.386 e. The SMILES string of the molecule is Cc1cccc(C(O)CN=C(N)N2CCCCC2)c1.I. The lowest BCUT2D eigenvalue weighted by Crippen LogP contribution is -2.41. The van der Waals surface area contributed by atoms with Crippen LogP contribution in [0.15, 0.2) is 29.3 Å². The number of aliphatic hydroxyl groups is 1. The molecule has 5 heteroatoms. The van der Waals surface area contributed by atoms with E-state index in [9.17, 15) is 5.11 Å². The first-order chi connectivity index (χ1) is 9.16. The van der Waals surface area contributed by atoms with Crippen molar-refractivity contribution >= 4 is 29.9 Å². The molecule has 1 fully saturated rings. The Labute approximate surface area is 138 Å². The standard InChI is InChI=1S/C15H23N3O.HI/c1-12-6-5-7-13(10-12)14(19)11-17-15(16)18-8-3-2-4-9-18;/h5-7,10,14,19H,2-4,8-9,11H2,1H3,(H2,16,17);1H. The fourth-order valence-corrected chi connectivity index (χ4v) is 2.39. The summed E-state index contributed by atoms with van der Waals surface area (Å²) in [6.45, 7) is 4.30. The van der Waals surface area contributed by atoms with Gasteiger partial charge in [0.1, 0.15) is 0 Å². The van der Waals surface area contributed by atoms with Crippen LogP contribution in [-0.4, -0.2) is 35.6 Å². The van der Waals surface area contributed by atoms with Gasteiger partial charge in [0.25, 0.3) is 0 Å².